The van der Waals surface area contributed by atoms with E-state index in [1.54, 1.807) is 24.9 Å². The second kappa shape index (κ2) is 11.7. The van der Waals surface area contributed by atoms with Crippen LogP contribution in [0.3, 0.4) is 0 Å². The molecule has 0 radical (unpaired) electrons. The van der Waals surface area contributed by atoms with E-state index in [1.165, 1.54) is 17.4 Å². The highest BCUT2D eigenvalue weighted by atomic mass is 32.1. The molecule has 0 spiro atoms. The van der Waals surface area contributed by atoms with Crippen LogP contribution in [0.25, 0.3) is 20.8 Å². The van der Waals surface area contributed by atoms with Gasteiger partial charge >= 0.3 is 6.61 Å². The fraction of sp³-hybridized carbons (Fsp3) is 0.407. The van der Waals surface area contributed by atoms with Gasteiger partial charge in [-0.1, -0.05) is 6.07 Å². The normalized spacial score (nSPS) is 20.0. The number of aliphatic hydroxyl groups is 3. The van der Waals surface area contributed by atoms with E-state index in [2.05, 4.69) is 20.0 Å². The number of nitrogens with zero attached hydrogens (tertiary/aromatic N) is 5. The van der Waals surface area contributed by atoms with Crippen molar-refractivity contribution in [2.45, 2.75) is 52.2 Å². The maximum Gasteiger partial charge on any atom is 0.387 e. The molecule has 0 unspecified atom stereocenters. The second-order valence-electron chi connectivity index (χ2n) is 9.86. The molecule has 41 heavy (non-hydrogen) atoms. The van der Waals surface area contributed by atoms with Crippen LogP contribution in [0.5, 0.6) is 5.75 Å². The van der Waals surface area contributed by atoms with Crippen LogP contribution in [-0.4, -0.2) is 67.4 Å². The van der Waals surface area contributed by atoms with Gasteiger partial charge in [-0.15, -0.1) is 11.3 Å². The summed E-state index contributed by atoms with van der Waals surface area (Å²) in [4.78, 5) is 20.0. The Morgan fingerprint density at radius 1 is 1.15 bits per heavy atom. The third kappa shape index (κ3) is 5.77. The highest BCUT2D eigenvalue weighted by Crippen LogP contribution is 2.40. The molecule has 1 aromatic carbocycles. The molecule has 4 N–H and O–H groups in total. The van der Waals surface area contributed by atoms with Crippen LogP contribution >= 0.6 is 11.3 Å². The largest absolute Gasteiger partial charge is 0.432 e. The number of pyridine rings is 1. The number of alkyl halides is 2. The van der Waals surface area contributed by atoms with Gasteiger partial charge in [0.2, 0.25) is 5.95 Å². The van der Waals surface area contributed by atoms with Gasteiger partial charge in [-0.2, -0.15) is 13.8 Å². The number of hydrogen-bond donors (Lipinski definition) is 4. The third-order valence-corrected chi connectivity index (χ3v) is 8.19. The summed E-state index contributed by atoms with van der Waals surface area (Å²) in [5.74, 6) is -1.50. The summed E-state index contributed by atoms with van der Waals surface area (Å²) in [7, 11) is 0. The third-order valence-electron chi connectivity index (χ3n) is 7.15. The number of aromatic nitrogens is 4. The van der Waals surface area contributed by atoms with Crippen molar-refractivity contribution in [1.82, 2.24) is 19.9 Å². The lowest BCUT2D eigenvalue weighted by atomic mass is 9.93. The number of aliphatic hydroxyl groups excluding tert-OH is 3. The first kappa shape index (κ1) is 28.9. The zero-order valence-corrected chi connectivity index (χ0v) is 23.2. The lowest BCUT2D eigenvalue weighted by molar-refractivity contribution is -0.0522. The Balaban J connectivity index is 1.54. The van der Waals surface area contributed by atoms with Crippen molar-refractivity contribution < 1.29 is 33.2 Å². The number of benzene rings is 1. The molecule has 4 heterocycles. The molecule has 1 aliphatic rings. The first-order valence-electron chi connectivity index (χ1n) is 12.9. The number of aryl methyl sites for hydroxylation is 2. The average Bonchev–Trinajstić information content (AvgIpc) is 3.36. The van der Waals surface area contributed by atoms with Crippen molar-refractivity contribution in [3.05, 3.63) is 53.2 Å². The molecular weight excluding hydrogens is 561 g/mol. The number of hydrogen-bond acceptors (Lipinski definition) is 11. The summed E-state index contributed by atoms with van der Waals surface area (Å²) in [5.41, 5.74) is 3.02. The molecule has 218 valence electrons. The molecule has 0 amide bonds. The number of anilines is 2. The van der Waals surface area contributed by atoms with E-state index < -0.39 is 42.5 Å². The average molecular weight is 591 g/mol. The molecule has 1 saturated heterocycles. The van der Waals surface area contributed by atoms with Crippen LogP contribution in [0, 0.1) is 25.6 Å². The van der Waals surface area contributed by atoms with Gasteiger partial charge in [-0.05, 0) is 51.0 Å². The molecule has 3 aromatic heterocycles. The number of nitrogens with one attached hydrogen (secondary N) is 1. The van der Waals surface area contributed by atoms with Crippen LogP contribution in [0.2, 0.25) is 0 Å². The smallest absolute Gasteiger partial charge is 0.387 e. The van der Waals surface area contributed by atoms with Gasteiger partial charge in [-0.3, -0.25) is 4.98 Å². The van der Waals surface area contributed by atoms with Crippen LogP contribution < -0.4 is 15.0 Å². The number of fused-ring (bicyclic) bond motifs is 1. The van der Waals surface area contributed by atoms with Crippen molar-refractivity contribution in [3.8, 4) is 16.3 Å². The molecule has 0 aliphatic carbocycles. The standard InChI is InChI=1S/C27H29F3N6O4S/c1-12(15-4-5-18(17(28)10-15)40-26(29)30)32-27-33-13(2)20(24-34-21-14(3)31-8-6-19(21)41-24)23(35-27)36-9-7-16(11-37)22(38)25(36)39/h4-6,8,10,12,16,22,25-26,37-39H,7,9,11H2,1-3H3,(H,32,33,35)/t12-,16-,22-,25-/m1/s1. The molecule has 4 aromatic rings. The van der Waals surface area contributed by atoms with E-state index in [4.69, 9.17) is 9.97 Å². The molecule has 4 atom stereocenters. The highest BCUT2D eigenvalue weighted by molar-refractivity contribution is 7.21. The fourth-order valence-electron chi connectivity index (χ4n) is 4.89. The summed E-state index contributed by atoms with van der Waals surface area (Å²) in [6.07, 6.45) is -0.460. The van der Waals surface area contributed by atoms with Crippen LogP contribution in [-0.2, 0) is 0 Å². The minimum Gasteiger partial charge on any atom is -0.432 e. The van der Waals surface area contributed by atoms with Crippen LogP contribution in [0.1, 0.15) is 36.3 Å². The van der Waals surface area contributed by atoms with Crippen LogP contribution in [0.4, 0.5) is 24.9 Å². The van der Waals surface area contributed by atoms with Gasteiger partial charge in [0, 0.05) is 25.3 Å². The van der Waals surface area contributed by atoms with Crippen molar-refractivity contribution in [3.63, 3.8) is 0 Å². The lowest BCUT2D eigenvalue weighted by Gasteiger charge is -2.41. The maximum atomic E-state index is 14.4. The number of rotatable bonds is 8. The zero-order chi connectivity index (χ0) is 29.4. The Bertz CT molecular complexity index is 1560. The van der Waals surface area contributed by atoms with E-state index in [0.29, 0.717) is 40.6 Å². The Kier molecular flexibility index (Phi) is 8.27. The Morgan fingerprint density at radius 3 is 2.61 bits per heavy atom. The SMILES string of the molecule is Cc1nc(N[C@H](C)c2ccc(OC(F)F)c(F)c2)nc(N2CC[C@H](CO)[C@@H](O)[C@H]2O)c1-c1nc2c(C)nccc2s1. The number of piperidine rings is 1. The molecular formula is C27H29F3N6O4S. The number of thiazole rings is 1. The van der Waals surface area contributed by atoms with Gasteiger partial charge in [0.15, 0.2) is 17.8 Å². The summed E-state index contributed by atoms with van der Waals surface area (Å²) in [6.45, 7) is 2.24. The van der Waals surface area contributed by atoms with Gasteiger partial charge in [0.25, 0.3) is 0 Å². The summed E-state index contributed by atoms with van der Waals surface area (Å²) >= 11 is 1.42. The minimum absolute atomic E-state index is 0.159. The molecule has 1 fully saturated rings. The number of halogens is 3. The molecule has 14 heteroatoms. The predicted molar refractivity (Wildman–Crippen MR) is 148 cm³/mol. The van der Waals surface area contributed by atoms with Crippen molar-refractivity contribution >= 4 is 33.3 Å². The molecule has 1 aliphatic heterocycles. The van der Waals surface area contributed by atoms with E-state index in [1.807, 2.05) is 13.0 Å². The van der Waals surface area contributed by atoms with E-state index >= 15 is 0 Å². The first-order chi connectivity index (χ1) is 19.6. The van der Waals surface area contributed by atoms with Gasteiger partial charge in [-0.25, -0.2) is 14.4 Å². The van der Waals surface area contributed by atoms with E-state index in [-0.39, 0.29) is 12.6 Å². The quantitative estimate of drug-likeness (QED) is 0.237. The molecule has 0 bridgehead atoms. The highest BCUT2D eigenvalue weighted by Gasteiger charge is 2.38. The van der Waals surface area contributed by atoms with Gasteiger partial charge in [0.1, 0.15) is 22.4 Å². The second-order valence-corrected chi connectivity index (χ2v) is 10.9. The monoisotopic (exact) mass is 590 g/mol. The number of ether oxygens (including phenoxy) is 1. The van der Waals surface area contributed by atoms with Gasteiger partial charge in [0.05, 0.1) is 27.7 Å². The van der Waals surface area contributed by atoms with Crippen molar-refractivity contribution in [2.24, 2.45) is 5.92 Å². The molecule has 0 saturated carbocycles. The minimum atomic E-state index is -3.15. The topological polar surface area (TPSA) is 137 Å². The fourth-order valence-corrected chi connectivity index (χ4v) is 6.00. The maximum absolute atomic E-state index is 14.4. The Morgan fingerprint density at radius 2 is 1.93 bits per heavy atom. The lowest BCUT2D eigenvalue weighted by Crippen LogP contribution is -2.54. The molecule has 5 rings (SSSR count). The first-order valence-corrected chi connectivity index (χ1v) is 13.7. The van der Waals surface area contributed by atoms with E-state index in [9.17, 15) is 28.5 Å². The zero-order valence-electron chi connectivity index (χ0n) is 22.4. The van der Waals surface area contributed by atoms with Crippen LogP contribution in [0.15, 0.2) is 30.5 Å². The summed E-state index contributed by atoms with van der Waals surface area (Å²) in [6, 6.07) is 4.99. The summed E-state index contributed by atoms with van der Waals surface area (Å²) < 4.78 is 44.5. The van der Waals surface area contributed by atoms with E-state index in [0.717, 1.165) is 28.0 Å². The van der Waals surface area contributed by atoms with Crippen molar-refractivity contribution in [1.29, 1.82) is 0 Å². The summed E-state index contributed by atoms with van der Waals surface area (Å²) in [5, 5.41) is 35.1. The van der Waals surface area contributed by atoms with Gasteiger partial charge < -0.3 is 30.3 Å². The Hall–Kier alpha value is -3.59. The Labute approximate surface area is 237 Å². The van der Waals surface area contributed by atoms with Crippen molar-refractivity contribution in [2.75, 3.05) is 23.4 Å². The predicted octanol–water partition coefficient (Wildman–Crippen LogP) is 4.18. The molecule has 10 nitrogen and oxygen atoms in total.